The van der Waals surface area contributed by atoms with Gasteiger partial charge < -0.3 is 10.1 Å². The summed E-state index contributed by atoms with van der Waals surface area (Å²) in [6.07, 6.45) is 8.15. The molecule has 2 heterocycles. The third-order valence-corrected chi connectivity index (χ3v) is 3.33. The highest BCUT2D eigenvalue weighted by Crippen LogP contribution is 2.29. The van der Waals surface area contributed by atoms with Crippen molar-refractivity contribution in [3.63, 3.8) is 0 Å². The largest absolute Gasteiger partial charge is 0.373 e. The first kappa shape index (κ1) is 12.6. The molecule has 1 fully saturated rings. The summed E-state index contributed by atoms with van der Waals surface area (Å²) in [7, 11) is 1.96. The van der Waals surface area contributed by atoms with Crippen molar-refractivity contribution in [2.24, 2.45) is 7.05 Å². The Bertz CT molecular complexity index is 350. The lowest BCUT2D eigenvalue weighted by Crippen LogP contribution is -2.32. The molecule has 3 unspecified atom stereocenters. The van der Waals surface area contributed by atoms with E-state index in [0.717, 1.165) is 25.8 Å². The Kier molecular flexibility index (Phi) is 4.18. The minimum atomic E-state index is 0.286. The van der Waals surface area contributed by atoms with Crippen molar-refractivity contribution < 1.29 is 4.74 Å². The zero-order valence-electron chi connectivity index (χ0n) is 11.0. The maximum Gasteiger partial charge on any atom is 0.0775 e. The van der Waals surface area contributed by atoms with E-state index in [-0.39, 0.29) is 6.04 Å². The third kappa shape index (κ3) is 3.07. The van der Waals surface area contributed by atoms with Gasteiger partial charge >= 0.3 is 0 Å². The van der Waals surface area contributed by atoms with E-state index in [0.29, 0.717) is 12.2 Å². The lowest BCUT2D eigenvalue weighted by molar-refractivity contribution is 0.0316. The van der Waals surface area contributed by atoms with Gasteiger partial charge in [0.05, 0.1) is 24.4 Å². The van der Waals surface area contributed by atoms with Gasteiger partial charge in [-0.1, -0.05) is 6.92 Å². The topological polar surface area (TPSA) is 39.1 Å². The van der Waals surface area contributed by atoms with E-state index in [1.807, 2.05) is 17.9 Å². The van der Waals surface area contributed by atoms with Crippen LogP contribution in [0.3, 0.4) is 0 Å². The van der Waals surface area contributed by atoms with E-state index >= 15 is 0 Å². The Morgan fingerprint density at radius 2 is 2.41 bits per heavy atom. The molecule has 1 saturated heterocycles. The second-order valence-electron chi connectivity index (χ2n) is 4.94. The van der Waals surface area contributed by atoms with E-state index in [9.17, 15) is 0 Å². The van der Waals surface area contributed by atoms with Crippen LogP contribution in [0.25, 0.3) is 0 Å². The quantitative estimate of drug-likeness (QED) is 0.851. The molecule has 0 aromatic carbocycles. The molecule has 0 bridgehead atoms. The number of ether oxygens (including phenoxy) is 1. The molecule has 1 aliphatic rings. The molecule has 0 aliphatic carbocycles. The highest BCUT2D eigenvalue weighted by atomic mass is 16.5. The minimum Gasteiger partial charge on any atom is -0.373 e. The van der Waals surface area contributed by atoms with E-state index in [4.69, 9.17) is 4.74 Å². The summed E-state index contributed by atoms with van der Waals surface area (Å²) in [4.78, 5) is 0. The van der Waals surface area contributed by atoms with Crippen LogP contribution in [0.1, 0.15) is 44.7 Å². The molecule has 0 spiro atoms. The highest BCUT2D eigenvalue weighted by molar-refractivity contribution is 5.13. The Labute approximate surface area is 103 Å². The SMILES string of the molecule is CCCNC(c1cnn(C)c1)C1CCC(C)O1. The first-order chi connectivity index (χ1) is 8.20. The maximum absolute atomic E-state index is 5.98. The predicted octanol–water partition coefficient (Wildman–Crippen LogP) is 2.03. The van der Waals surface area contributed by atoms with Crippen molar-refractivity contribution in [2.75, 3.05) is 6.54 Å². The number of hydrogen-bond donors (Lipinski definition) is 1. The van der Waals surface area contributed by atoms with Crippen LogP contribution in [0.5, 0.6) is 0 Å². The molecule has 0 saturated carbocycles. The normalized spacial score (nSPS) is 26.3. The summed E-state index contributed by atoms with van der Waals surface area (Å²) in [5.74, 6) is 0. The zero-order valence-corrected chi connectivity index (χ0v) is 11.0. The van der Waals surface area contributed by atoms with Gasteiger partial charge in [-0.3, -0.25) is 4.68 Å². The molecule has 17 heavy (non-hydrogen) atoms. The molecule has 1 N–H and O–H groups in total. The van der Waals surface area contributed by atoms with Gasteiger partial charge in [0.15, 0.2) is 0 Å². The second-order valence-corrected chi connectivity index (χ2v) is 4.94. The number of hydrogen-bond acceptors (Lipinski definition) is 3. The average Bonchev–Trinajstić information content (AvgIpc) is 2.89. The first-order valence-corrected chi connectivity index (χ1v) is 6.58. The van der Waals surface area contributed by atoms with E-state index in [1.54, 1.807) is 0 Å². The van der Waals surface area contributed by atoms with Crippen molar-refractivity contribution in [1.82, 2.24) is 15.1 Å². The molecular formula is C13H23N3O. The van der Waals surface area contributed by atoms with Crippen molar-refractivity contribution in [3.05, 3.63) is 18.0 Å². The highest BCUT2D eigenvalue weighted by Gasteiger charge is 2.30. The number of nitrogens with one attached hydrogen (secondary N) is 1. The molecular weight excluding hydrogens is 214 g/mol. The monoisotopic (exact) mass is 237 g/mol. The van der Waals surface area contributed by atoms with Gasteiger partial charge in [-0.05, 0) is 32.7 Å². The fourth-order valence-electron chi connectivity index (χ4n) is 2.44. The summed E-state index contributed by atoms with van der Waals surface area (Å²) in [5.41, 5.74) is 1.24. The fourth-order valence-corrected chi connectivity index (χ4v) is 2.44. The van der Waals surface area contributed by atoms with Crippen LogP contribution in [-0.2, 0) is 11.8 Å². The lowest BCUT2D eigenvalue weighted by atomic mass is 10.0. The summed E-state index contributed by atoms with van der Waals surface area (Å²) < 4.78 is 7.84. The number of rotatable bonds is 5. The van der Waals surface area contributed by atoms with E-state index in [1.165, 1.54) is 5.56 Å². The van der Waals surface area contributed by atoms with E-state index < -0.39 is 0 Å². The second kappa shape index (κ2) is 5.65. The van der Waals surface area contributed by atoms with Crippen LogP contribution in [0.4, 0.5) is 0 Å². The van der Waals surface area contributed by atoms with Gasteiger partial charge in [0.2, 0.25) is 0 Å². The fraction of sp³-hybridized carbons (Fsp3) is 0.769. The maximum atomic E-state index is 5.98. The number of aromatic nitrogens is 2. The third-order valence-electron chi connectivity index (χ3n) is 3.33. The Balaban J connectivity index is 2.07. The van der Waals surface area contributed by atoms with Gasteiger partial charge in [-0.2, -0.15) is 5.10 Å². The summed E-state index contributed by atoms with van der Waals surface area (Å²) >= 11 is 0. The molecule has 0 radical (unpaired) electrons. The van der Waals surface area contributed by atoms with Crippen LogP contribution in [0.2, 0.25) is 0 Å². The molecule has 3 atom stereocenters. The van der Waals surface area contributed by atoms with Crippen molar-refractivity contribution in [1.29, 1.82) is 0 Å². The van der Waals surface area contributed by atoms with Crippen LogP contribution >= 0.6 is 0 Å². The summed E-state index contributed by atoms with van der Waals surface area (Å²) in [5, 5.41) is 7.84. The van der Waals surface area contributed by atoms with Gasteiger partial charge in [0.1, 0.15) is 0 Å². The molecule has 0 amide bonds. The molecule has 4 heteroatoms. The first-order valence-electron chi connectivity index (χ1n) is 6.58. The van der Waals surface area contributed by atoms with Crippen LogP contribution < -0.4 is 5.32 Å². The molecule has 2 rings (SSSR count). The van der Waals surface area contributed by atoms with E-state index in [2.05, 4.69) is 30.5 Å². The number of nitrogens with zero attached hydrogens (tertiary/aromatic N) is 2. The number of aryl methyl sites for hydroxylation is 1. The molecule has 1 aromatic rings. The molecule has 96 valence electrons. The summed E-state index contributed by atoms with van der Waals surface area (Å²) in [6.45, 7) is 5.36. The molecule has 4 nitrogen and oxygen atoms in total. The average molecular weight is 237 g/mol. The summed E-state index contributed by atoms with van der Waals surface area (Å²) in [6, 6.07) is 0.286. The van der Waals surface area contributed by atoms with Crippen molar-refractivity contribution in [2.45, 2.75) is 51.4 Å². The van der Waals surface area contributed by atoms with Crippen LogP contribution in [0, 0.1) is 0 Å². The van der Waals surface area contributed by atoms with Gasteiger partial charge in [-0.15, -0.1) is 0 Å². The van der Waals surface area contributed by atoms with Gasteiger partial charge in [0, 0.05) is 18.8 Å². The lowest BCUT2D eigenvalue weighted by Gasteiger charge is -2.23. The Hall–Kier alpha value is -0.870. The van der Waals surface area contributed by atoms with Crippen LogP contribution in [-0.4, -0.2) is 28.5 Å². The van der Waals surface area contributed by atoms with Crippen molar-refractivity contribution >= 4 is 0 Å². The standard InChI is InChI=1S/C13H23N3O/c1-4-7-14-13(11-8-15-16(3)9-11)12-6-5-10(2)17-12/h8-10,12-14H,4-7H2,1-3H3. The van der Waals surface area contributed by atoms with Crippen molar-refractivity contribution in [3.8, 4) is 0 Å². The molecule has 1 aliphatic heterocycles. The predicted molar refractivity (Wildman–Crippen MR) is 67.8 cm³/mol. The zero-order chi connectivity index (χ0) is 12.3. The molecule has 1 aromatic heterocycles. The smallest absolute Gasteiger partial charge is 0.0775 e. The Morgan fingerprint density at radius 1 is 1.59 bits per heavy atom. The van der Waals surface area contributed by atoms with Gasteiger partial charge in [-0.25, -0.2) is 0 Å². The van der Waals surface area contributed by atoms with Crippen LogP contribution in [0.15, 0.2) is 12.4 Å². The minimum absolute atomic E-state index is 0.286. The Morgan fingerprint density at radius 3 is 2.94 bits per heavy atom. The van der Waals surface area contributed by atoms with Gasteiger partial charge in [0.25, 0.3) is 0 Å².